The molecule has 0 saturated carbocycles. The van der Waals surface area contributed by atoms with E-state index in [9.17, 15) is 9.59 Å². The van der Waals surface area contributed by atoms with Gasteiger partial charge < -0.3 is 14.2 Å². The second-order valence-corrected chi connectivity index (χ2v) is 10.4. The molecule has 0 aliphatic carbocycles. The number of nitrogens with zero attached hydrogens (tertiary/aromatic N) is 2. The lowest BCUT2D eigenvalue weighted by atomic mass is 9.92. The van der Waals surface area contributed by atoms with Gasteiger partial charge in [0.15, 0.2) is 4.80 Å². The molecule has 0 spiro atoms. The lowest BCUT2D eigenvalue weighted by Gasteiger charge is -2.26. The van der Waals surface area contributed by atoms with Crippen LogP contribution in [0.25, 0.3) is 6.08 Å². The summed E-state index contributed by atoms with van der Waals surface area (Å²) in [7, 11) is 3.18. The second kappa shape index (κ2) is 11.8. The van der Waals surface area contributed by atoms with E-state index in [1.165, 1.54) is 16.9 Å². The molecule has 0 bridgehead atoms. The zero-order valence-electron chi connectivity index (χ0n) is 22.7. The molecule has 3 aromatic rings. The Balaban J connectivity index is 1.99. The van der Waals surface area contributed by atoms with E-state index >= 15 is 0 Å². The van der Waals surface area contributed by atoms with E-state index < -0.39 is 12.0 Å². The summed E-state index contributed by atoms with van der Waals surface area (Å²) in [6, 6.07) is 12.9. The number of hydrogen-bond donors (Lipinski definition) is 0. The molecule has 0 N–H and O–H groups in total. The van der Waals surface area contributed by atoms with Crippen LogP contribution in [0.15, 0.2) is 63.5 Å². The Bertz CT molecular complexity index is 1530. The third-order valence-electron chi connectivity index (χ3n) is 6.53. The normalized spacial score (nSPS) is 15.3. The van der Waals surface area contributed by atoms with Crippen LogP contribution in [0, 0.1) is 0 Å². The number of ether oxygens (including phenoxy) is 3. The molecule has 4 rings (SSSR count). The van der Waals surface area contributed by atoms with Gasteiger partial charge in [-0.05, 0) is 54.7 Å². The van der Waals surface area contributed by atoms with Gasteiger partial charge in [0.25, 0.3) is 5.56 Å². The Hall–Kier alpha value is -3.65. The van der Waals surface area contributed by atoms with E-state index in [1.54, 1.807) is 43.9 Å². The van der Waals surface area contributed by atoms with Gasteiger partial charge in [0, 0.05) is 5.56 Å². The van der Waals surface area contributed by atoms with Gasteiger partial charge in [-0.25, -0.2) is 9.79 Å². The van der Waals surface area contributed by atoms with Gasteiger partial charge in [-0.2, -0.15) is 0 Å². The van der Waals surface area contributed by atoms with Crippen molar-refractivity contribution in [1.29, 1.82) is 0 Å². The molecule has 8 heteroatoms. The van der Waals surface area contributed by atoms with E-state index in [0.717, 1.165) is 12.0 Å². The molecule has 0 saturated heterocycles. The Morgan fingerprint density at radius 2 is 1.84 bits per heavy atom. The van der Waals surface area contributed by atoms with Crippen LogP contribution >= 0.6 is 11.3 Å². The average molecular weight is 535 g/mol. The van der Waals surface area contributed by atoms with Crippen molar-refractivity contribution in [1.82, 2.24) is 4.57 Å². The third kappa shape index (κ3) is 5.31. The number of benzene rings is 2. The molecule has 2 aromatic carbocycles. The minimum Gasteiger partial charge on any atom is -0.497 e. The number of thiazole rings is 1. The zero-order valence-corrected chi connectivity index (χ0v) is 23.6. The minimum atomic E-state index is -0.637. The number of aromatic nitrogens is 1. The number of hydrogen-bond acceptors (Lipinski definition) is 7. The summed E-state index contributed by atoms with van der Waals surface area (Å²) in [6.07, 6.45) is 3.19. The van der Waals surface area contributed by atoms with Crippen LogP contribution in [0.1, 0.15) is 69.2 Å². The largest absolute Gasteiger partial charge is 0.497 e. The van der Waals surface area contributed by atoms with Crippen molar-refractivity contribution >= 4 is 23.4 Å². The first-order valence-electron chi connectivity index (χ1n) is 12.9. The lowest BCUT2D eigenvalue weighted by molar-refractivity contribution is -0.139. The fourth-order valence-electron chi connectivity index (χ4n) is 4.59. The Morgan fingerprint density at radius 1 is 1.11 bits per heavy atom. The van der Waals surface area contributed by atoms with Crippen LogP contribution in [-0.4, -0.2) is 31.4 Å². The van der Waals surface area contributed by atoms with Crippen molar-refractivity contribution in [2.24, 2.45) is 4.99 Å². The van der Waals surface area contributed by atoms with Crippen LogP contribution in [0.2, 0.25) is 0 Å². The summed E-state index contributed by atoms with van der Waals surface area (Å²) in [5.74, 6) is 1.19. The third-order valence-corrected chi connectivity index (χ3v) is 7.52. The first-order chi connectivity index (χ1) is 18.3. The van der Waals surface area contributed by atoms with E-state index in [4.69, 9.17) is 19.2 Å². The molecule has 0 radical (unpaired) electrons. The van der Waals surface area contributed by atoms with Gasteiger partial charge >= 0.3 is 5.97 Å². The van der Waals surface area contributed by atoms with Crippen molar-refractivity contribution in [3.63, 3.8) is 0 Å². The molecule has 38 heavy (non-hydrogen) atoms. The number of methoxy groups -OCH3 is 2. The molecule has 2 heterocycles. The fraction of sp³-hybridized carbons (Fsp3) is 0.367. The molecular weight excluding hydrogens is 500 g/mol. The maximum Gasteiger partial charge on any atom is 0.338 e. The Kier molecular flexibility index (Phi) is 8.52. The Morgan fingerprint density at radius 3 is 2.45 bits per heavy atom. The predicted octanol–water partition coefficient (Wildman–Crippen LogP) is 4.72. The molecular formula is C30H34N2O5S. The number of rotatable bonds is 9. The number of fused-ring (bicyclic) bond motifs is 1. The van der Waals surface area contributed by atoms with E-state index in [0.29, 0.717) is 50.0 Å². The van der Waals surface area contributed by atoms with Crippen molar-refractivity contribution in [3.05, 3.63) is 90.1 Å². The molecule has 1 aliphatic heterocycles. The van der Waals surface area contributed by atoms with Crippen LogP contribution < -0.4 is 24.4 Å². The van der Waals surface area contributed by atoms with Crippen LogP contribution in [0.4, 0.5) is 0 Å². The standard InChI is InChI=1S/C30H34N2O5S/c1-7-9-23-26(29(34)37-8-2)27(20-12-10-19(11-13-20)18(3)4)32-28(33)25(38-30(32)31-23)17-21-16-22(35-5)14-15-24(21)36-6/h10-18,27H,7-9H2,1-6H3/b25-17-/t27-/m1/s1. The zero-order chi connectivity index (χ0) is 27.4. The first kappa shape index (κ1) is 27.4. The van der Waals surface area contributed by atoms with E-state index in [-0.39, 0.29) is 12.2 Å². The number of carbonyl (C=O) groups is 1. The molecule has 200 valence electrons. The highest BCUT2D eigenvalue weighted by molar-refractivity contribution is 7.07. The molecule has 1 aliphatic rings. The van der Waals surface area contributed by atoms with Crippen molar-refractivity contribution < 1.29 is 19.0 Å². The predicted molar refractivity (Wildman–Crippen MR) is 150 cm³/mol. The maximum atomic E-state index is 14.0. The minimum absolute atomic E-state index is 0.228. The smallest absolute Gasteiger partial charge is 0.338 e. The van der Waals surface area contributed by atoms with Crippen LogP contribution in [0.3, 0.4) is 0 Å². The van der Waals surface area contributed by atoms with Crippen molar-refractivity contribution in [3.8, 4) is 11.5 Å². The Labute approximate surface area is 226 Å². The molecule has 0 amide bonds. The van der Waals surface area contributed by atoms with Crippen LogP contribution in [0.5, 0.6) is 11.5 Å². The quantitative estimate of drug-likeness (QED) is 0.371. The number of allylic oxidation sites excluding steroid dienone is 1. The number of carbonyl (C=O) groups excluding carboxylic acids is 1. The highest BCUT2D eigenvalue weighted by atomic mass is 32.1. The topological polar surface area (TPSA) is 79.1 Å². The molecule has 1 atom stereocenters. The highest BCUT2D eigenvalue weighted by Crippen LogP contribution is 2.33. The second-order valence-electron chi connectivity index (χ2n) is 9.34. The highest BCUT2D eigenvalue weighted by Gasteiger charge is 2.34. The number of esters is 1. The molecule has 1 aromatic heterocycles. The summed E-state index contributed by atoms with van der Waals surface area (Å²) in [5, 5.41) is 0. The van der Waals surface area contributed by atoms with E-state index in [1.807, 2.05) is 25.1 Å². The monoisotopic (exact) mass is 534 g/mol. The summed E-state index contributed by atoms with van der Waals surface area (Å²) in [4.78, 5) is 32.7. The van der Waals surface area contributed by atoms with Gasteiger partial charge in [-0.3, -0.25) is 9.36 Å². The molecule has 7 nitrogen and oxygen atoms in total. The molecule has 0 unspecified atom stereocenters. The van der Waals surface area contributed by atoms with Crippen molar-refractivity contribution in [2.45, 2.75) is 52.5 Å². The SMILES string of the molecule is CCCC1=C(C(=O)OCC)[C@@H](c2ccc(C(C)C)cc2)n2c(s/c(=C\c3cc(OC)ccc3OC)c2=O)=N1. The average Bonchev–Trinajstić information content (AvgIpc) is 3.22. The lowest BCUT2D eigenvalue weighted by Crippen LogP contribution is -2.40. The van der Waals surface area contributed by atoms with Gasteiger partial charge in [0.1, 0.15) is 11.5 Å². The van der Waals surface area contributed by atoms with Gasteiger partial charge in [-0.15, -0.1) is 0 Å². The maximum absolute atomic E-state index is 14.0. The summed E-state index contributed by atoms with van der Waals surface area (Å²) >= 11 is 1.30. The fourth-order valence-corrected chi connectivity index (χ4v) is 5.60. The van der Waals surface area contributed by atoms with Crippen LogP contribution in [-0.2, 0) is 9.53 Å². The molecule has 0 fully saturated rings. The van der Waals surface area contributed by atoms with Gasteiger partial charge in [0.05, 0.1) is 42.7 Å². The van der Waals surface area contributed by atoms with E-state index in [2.05, 4.69) is 26.0 Å². The summed E-state index contributed by atoms with van der Waals surface area (Å²) in [6.45, 7) is 8.33. The summed E-state index contributed by atoms with van der Waals surface area (Å²) in [5.41, 5.74) is 3.59. The first-order valence-corrected chi connectivity index (χ1v) is 13.7. The van der Waals surface area contributed by atoms with Gasteiger partial charge in [0.2, 0.25) is 0 Å². The van der Waals surface area contributed by atoms with Gasteiger partial charge in [-0.1, -0.05) is 62.8 Å². The van der Waals surface area contributed by atoms with Crippen molar-refractivity contribution in [2.75, 3.05) is 20.8 Å². The summed E-state index contributed by atoms with van der Waals surface area (Å²) < 4.78 is 18.5.